The standard InChI is InChI=1S/C18H23N3O3S/c1-12-9-15(10-17(14(12)3)25(23,24)21(4)5)18(22)19-11-16-8-6-7-13(2)20-16/h6-10H,11H2,1-5H3,(H,19,22). The molecular formula is C18H23N3O3S. The average molecular weight is 361 g/mol. The first-order valence-electron chi connectivity index (χ1n) is 7.87. The van der Waals surface area contributed by atoms with E-state index in [1.54, 1.807) is 19.9 Å². The lowest BCUT2D eigenvalue weighted by molar-refractivity contribution is 0.0950. The maximum atomic E-state index is 12.5. The van der Waals surface area contributed by atoms with Crippen LogP contribution in [-0.2, 0) is 16.6 Å². The van der Waals surface area contributed by atoms with E-state index in [4.69, 9.17) is 0 Å². The summed E-state index contributed by atoms with van der Waals surface area (Å²) < 4.78 is 26.1. The summed E-state index contributed by atoms with van der Waals surface area (Å²) in [7, 11) is -0.673. The van der Waals surface area contributed by atoms with Crippen molar-refractivity contribution >= 4 is 15.9 Å². The molecule has 0 fully saturated rings. The van der Waals surface area contributed by atoms with Crippen LogP contribution < -0.4 is 5.32 Å². The minimum Gasteiger partial charge on any atom is -0.346 e. The van der Waals surface area contributed by atoms with Gasteiger partial charge in [-0.15, -0.1) is 0 Å². The van der Waals surface area contributed by atoms with Gasteiger partial charge in [0.2, 0.25) is 10.0 Å². The quantitative estimate of drug-likeness (QED) is 0.885. The second-order valence-electron chi connectivity index (χ2n) is 6.16. The van der Waals surface area contributed by atoms with Gasteiger partial charge in [0.25, 0.3) is 5.91 Å². The zero-order chi connectivity index (χ0) is 18.8. The number of aromatic nitrogens is 1. The number of carbonyl (C=O) groups is 1. The number of hydrogen-bond donors (Lipinski definition) is 1. The predicted molar refractivity (Wildman–Crippen MR) is 96.9 cm³/mol. The first kappa shape index (κ1) is 19.1. The summed E-state index contributed by atoms with van der Waals surface area (Å²) >= 11 is 0. The lowest BCUT2D eigenvalue weighted by Crippen LogP contribution is -2.26. The normalized spacial score (nSPS) is 11.6. The summed E-state index contributed by atoms with van der Waals surface area (Å²) in [6, 6.07) is 8.71. The minimum absolute atomic E-state index is 0.149. The summed E-state index contributed by atoms with van der Waals surface area (Å²) in [5.41, 5.74) is 3.33. The molecule has 0 bridgehead atoms. The molecule has 0 spiro atoms. The van der Waals surface area contributed by atoms with Crippen LogP contribution >= 0.6 is 0 Å². The fourth-order valence-electron chi connectivity index (χ4n) is 2.39. The van der Waals surface area contributed by atoms with Crippen molar-refractivity contribution < 1.29 is 13.2 Å². The molecule has 0 aliphatic carbocycles. The van der Waals surface area contributed by atoms with E-state index in [2.05, 4.69) is 10.3 Å². The van der Waals surface area contributed by atoms with Crippen LogP contribution in [0.15, 0.2) is 35.2 Å². The second-order valence-corrected chi connectivity index (χ2v) is 8.28. The van der Waals surface area contributed by atoms with Crippen molar-refractivity contribution in [2.45, 2.75) is 32.2 Å². The lowest BCUT2D eigenvalue weighted by Gasteiger charge is -2.16. The molecule has 2 rings (SSSR count). The van der Waals surface area contributed by atoms with Crippen LogP contribution in [0.25, 0.3) is 0 Å². The maximum absolute atomic E-state index is 12.5. The molecule has 0 saturated heterocycles. The zero-order valence-electron chi connectivity index (χ0n) is 15.1. The highest BCUT2D eigenvalue weighted by Gasteiger charge is 2.22. The van der Waals surface area contributed by atoms with E-state index in [0.717, 1.165) is 21.3 Å². The van der Waals surface area contributed by atoms with E-state index in [1.165, 1.54) is 20.2 Å². The molecule has 0 atom stereocenters. The average Bonchev–Trinajstić information content (AvgIpc) is 2.54. The molecule has 1 heterocycles. The number of nitrogens with zero attached hydrogens (tertiary/aromatic N) is 2. The number of hydrogen-bond acceptors (Lipinski definition) is 4. The molecule has 0 unspecified atom stereocenters. The van der Waals surface area contributed by atoms with Gasteiger partial charge in [-0.2, -0.15) is 0 Å². The Hall–Kier alpha value is -2.25. The molecule has 6 nitrogen and oxygen atoms in total. The second kappa shape index (κ2) is 7.33. The summed E-state index contributed by atoms with van der Waals surface area (Å²) in [6.45, 7) is 5.70. The van der Waals surface area contributed by atoms with Crippen molar-refractivity contribution in [3.05, 3.63) is 58.4 Å². The Kier molecular flexibility index (Phi) is 5.59. The van der Waals surface area contributed by atoms with Crippen LogP contribution in [0.1, 0.15) is 32.9 Å². The van der Waals surface area contributed by atoms with Gasteiger partial charge in [0, 0.05) is 25.4 Å². The van der Waals surface area contributed by atoms with E-state index in [1.807, 2.05) is 25.1 Å². The van der Waals surface area contributed by atoms with E-state index < -0.39 is 10.0 Å². The molecule has 0 aliphatic rings. The van der Waals surface area contributed by atoms with Gasteiger partial charge >= 0.3 is 0 Å². The number of aryl methyl sites for hydroxylation is 2. The number of carbonyl (C=O) groups excluding carboxylic acids is 1. The van der Waals surface area contributed by atoms with Crippen LogP contribution in [-0.4, -0.2) is 37.7 Å². The highest BCUT2D eigenvalue weighted by molar-refractivity contribution is 7.89. The molecule has 134 valence electrons. The fraction of sp³-hybridized carbons (Fsp3) is 0.333. The zero-order valence-corrected chi connectivity index (χ0v) is 15.9. The van der Waals surface area contributed by atoms with Crippen molar-refractivity contribution in [3.8, 4) is 0 Å². The number of rotatable bonds is 5. The molecule has 1 amide bonds. The van der Waals surface area contributed by atoms with Crippen molar-refractivity contribution in [3.63, 3.8) is 0 Å². The molecule has 1 aromatic heterocycles. The Balaban J connectivity index is 2.30. The van der Waals surface area contributed by atoms with Gasteiger partial charge in [-0.3, -0.25) is 9.78 Å². The summed E-state index contributed by atoms with van der Waals surface area (Å²) in [4.78, 5) is 17.0. The molecule has 1 N–H and O–H groups in total. The number of nitrogens with one attached hydrogen (secondary N) is 1. The predicted octanol–water partition coefficient (Wildman–Crippen LogP) is 2.19. The Morgan fingerprint density at radius 3 is 2.44 bits per heavy atom. The Bertz CT molecular complexity index is 906. The first-order chi connectivity index (χ1) is 11.6. The molecule has 0 aliphatic heterocycles. The largest absolute Gasteiger partial charge is 0.346 e. The van der Waals surface area contributed by atoms with E-state index in [9.17, 15) is 13.2 Å². The van der Waals surface area contributed by atoms with E-state index >= 15 is 0 Å². The highest BCUT2D eigenvalue weighted by atomic mass is 32.2. The van der Waals surface area contributed by atoms with Gasteiger partial charge in [0.1, 0.15) is 0 Å². The van der Waals surface area contributed by atoms with Gasteiger partial charge in [0.05, 0.1) is 17.1 Å². The molecular weight excluding hydrogens is 338 g/mol. The van der Waals surface area contributed by atoms with Crippen LogP contribution in [0.4, 0.5) is 0 Å². The SMILES string of the molecule is Cc1cccc(CNC(=O)c2cc(C)c(C)c(S(=O)(=O)N(C)C)c2)n1. The first-order valence-corrected chi connectivity index (χ1v) is 9.31. The number of benzene rings is 1. The van der Waals surface area contributed by atoms with E-state index in [0.29, 0.717) is 11.1 Å². The van der Waals surface area contributed by atoms with Gasteiger partial charge in [0.15, 0.2) is 0 Å². The minimum atomic E-state index is -3.62. The van der Waals surface area contributed by atoms with Crippen LogP contribution in [0.3, 0.4) is 0 Å². The number of amides is 1. The van der Waals surface area contributed by atoms with Crippen molar-refractivity contribution in [2.75, 3.05) is 14.1 Å². The third-order valence-corrected chi connectivity index (χ3v) is 5.96. The van der Waals surface area contributed by atoms with Crippen LogP contribution in [0, 0.1) is 20.8 Å². The summed E-state index contributed by atoms with van der Waals surface area (Å²) in [5.74, 6) is -0.332. The van der Waals surface area contributed by atoms with Crippen molar-refractivity contribution in [1.82, 2.24) is 14.6 Å². The Labute approximate surface area is 148 Å². The number of pyridine rings is 1. The molecule has 0 saturated carbocycles. The topological polar surface area (TPSA) is 79.4 Å². The lowest BCUT2D eigenvalue weighted by atomic mass is 10.1. The summed E-state index contributed by atoms with van der Waals surface area (Å²) in [6.07, 6.45) is 0. The molecule has 1 aromatic carbocycles. The Morgan fingerprint density at radius 1 is 1.16 bits per heavy atom. The van der Waals surface area contributed by atoms with Gasteiger partial charge in [-0.05, 0) is 56.2 Å². The van der Waals surface area contributed by atoms with Crippen LogP contribution in [0.2, 0.25) is 0 Å². The van der Waals surface area contributed by atoms with Crippen molar-refractivity contribution in [2.24, 2.45) is 0 Å². The van der Waals surface area contributed by atoms with Gasteiger partial charge in [-0.25, -0.2) is 12.7 Å². The fourth-order valence-corrected chi connectivity index (χ4v) is 3.61. The van der Waals surface area contributed by atoms with E-state index in [-0.39, 0.29) is 17.3 Å². The Morgan fingerprint density at radius 2 is 1.84 bits per heavy atom. The third kappa shape index (κ3) is 4.24. The monoisotopic (exact) mass is 361 g/mol. The summed E-state index contributed by atoms with van der Waals surface area (Å²) in [5, 5.41) is 2.79. The molecule has 25 heavy (non-hydrogen) atoms. The van der Waals surface area contributed by atoms with Crippen LogP contribution in [0.5, 0.6) is 0 Å². The molecule has 7 heteroatoms. The molecule has 2 aromatic rings. The highest BCUT2D eigenvalue weighted by Crippen LogP contribution is 2.23. The smallest absolute Gasteiger partial charge is 0.251 e. The third-order valence-electron chi connectivity index (χ3n) is 4.02. The van der Waals surface area contributed by atoms with Gasteiger partial charge in [-0.1, -0.05) is 6.07 Å². The maximum Gasteiger partial charge on any atom is 0.251 e. The van der Waals surface area contributed by atoms with Crippen molar-refractivity contribution in [1.29, 1.82) is 0 Å². The number of sulfonamides is 1. The molecule has 0 radical (unpaired) electrons. The van der Waals surface area contributed by atoms with Gasteiger partial charge < -0.3 is 5.32 Å².